The van der Waals surface area contributed by atoms with Gasteiger partial charge in [-0.3, -0.25) is 25.4 Å². The maximum absolute atomic E-state index is 12.4. The Morgan fingerprint density at radius 2 is 1.92 bits per heavy atom. The van der Waals surface area contributed by atoms with E-state index in [1.807, 2.05) is 30.3 Å². The number of carbonyl (C=O) groups is 2. The Morgan fingerprint density at radius 3 is 2.52 bits per heavy atom. The van der Waals surface area contributed by atoms with Crippen LogP contribution in [0.1, 0.15) is 5.56 Å². The summed E-state index contributed by atoms with van der Waals surface area (Å²) in [5.41, 5.74) is 8.12. The molecule has 0 aromatic heterocycles. The van der Waals surface area contributed by atoms with Gasteiger partial charge in [-0.2, -0.15) is 0 Å². The Balaban J connectivity index is 2.79. The van der Waals surface area contributed by atoms with Gasteiger partial charge in [0, 0.05) is 39.5 Å². The lowest BCUT2D eigenvalue weighted by Gasteiger charge is -2.21. The summed E-state index contributed by atoms with van der Waals surface area (Å²) in [6.45, 7) is 0.898. The summed E-state index contributed by atoms with van der Waals surface area (Å²) in [4.78, 5) is 24.9. The fourth-order valence-electron chi connectivity index (χ4n) is 1.79. The van der Waals surface area contributed by atoms with E-state index in [0.717, 1.165) is 5.56 Å². The van der Waals surface area contributed by atoms with Crippen molar-refractivity contribution in [2.24, 2.45) is 0 Å². The third-order valence-electron chi connectivity index (χ3n) is 3.02. The van der Waals surface area contributed by atoms with Crippen LogP contribution < -0.4 is 21.6 Å². The third-order valence-corrected chi connectivity index (χ3v) is 3.53. The third kappa shape index (κ3) is 6.87. The molecule has 9 heteroatoms. The zero-order valence-corrected chi connectivity index (χ0v) is 15.3. The van der Waals surface area contributed by atoms with E-state index in [2.05, 4.69) is 21.6 Å². The van der Waals surface area contributed by atoms with Crippen molar-refractivity contribution in [3.05, 3.63) is 47.7 Å². The summed E-state index contributed by atoms with van der Waals surface area (Å²) in [6, 6.07) is 9.24. The number of methoxy groups -OCH3 is 1. The molecule has 0 aliphatic heterocycles. The molecule has 0 aliphatic rings. The van der Waals surface area contributed by atoms with Gasteiger partial charge in [-0.1, -0.05) is 42.5 Å². The van der Waals surface area contributed by atoms with Gasteiger partial charge in [-0.15, -0.1) is 0 Å². The van der Waals surface area contributed by atoms with Gasteiger partial charge in [0.15, 0.2) is 0 Å². The second-order valence-corrected chi connectivity index (χ2v) is 5.27. The number of nitrogens with zero attached hydrogens (tertiary/aromatic N) is 1. The first-order chi connectivity index (χ1) is 12.0. The molecule has 2 amide bonds. The molecule has 0 aliphatic carbocycles. The van der Waals surface area contributed by atoms with Gasteiger partial charge in [0.2, 0.25) is 0 Å². The fourth-order valence-corrected chi connectivity index (χ4v) is 1.97. The largest absolute Gasteiger partial charge is 0.388 e. The number of carbonyl (C=O) groups excluding carboxylic acids is 2. The van der Waals surface area contributed by atoms with Crippen LogP contribution in [-0.4, -0.2) is 56.2 Å². The number of ether oxygens (including phenoxy) is 1. The average Bonchev–Trinajstić information content (AvgIpc) is 2.61. The Kier molecular flexibility index (Phi) is 9.15. The van der Waals surface area contributed by atoms with Crippen LogP contribution in [0.4, 0.5) is 0 Å². The topological polar surface area (TPSA) is 94.7 Å². The van der Waals surface area contributed by atoms with E-state index >= 15 is 0 Å². The standard InChI is InChI=1S/C16H23N5O3S/c1-17-19-14(22)13(11-18-9-10-24-3)15(23)20-21(2)16(25)12-7-5-4-6-8-12/h4-8,11,17-18H,9-10H2,1-3H3,(H,19,22)(H,20,23). The van der Waals surface area contributed by atoms with Gasteiger partial charge in [0.05, 0.1) is 6.61 Å². The van der Waals surface area contributed by atoms with Crippen LogP contribution in [0.25, 0.3) is 0 Å². The first-order valence-electron chi connectivity index (χ1n) is 7.55. The molecule has 0 fully saturated rings. The van der Waals surface area contributed by atoms with Crippen LogP contribution in [0.5, 0.6) is 0 Å². The molecular formula is C16H23N5O3S. The van der Waals surface area contributed by atoms with E-state index in [1.165, 1.54) is 18.3 Å². The Hall–Kier alpha value is -2.49. The minimum Gasteiger partial charge on any atom is -0.388 e. The molecule has 1 aromatic rings. The smallest absolute Gasteiger partial charge is 0.276 e. The highest BCUT2D eigenvalue weighted by molar-refractivity contribution is 7.80. The first-order valence-corrected chi connectivity index (χ1v) is 7.95. The van der Waals surface area contributed by atoms with Gasteiger partial charge in [-0.25, -0.2) is 5.43 Å². The molecule has 136 valence electrons. The van der Waals surface area contributed by atoms with Crippen molar-refractivity contribution in [2.45, 2.75) is 0 Å². The summed E-state index contributed by atoms with van der Waals surface area (Å²) in [5.74, 6) is -1.18. The van der Waals surface area contributed by atoms with Crippen LogP contribution >= 0.6 is 12.2 Å². The SMILES string of the molecule is CNNC(=O)C(=CNCCOC)C(=O)NN(C)C(=S)c1ccccc1. The molecule has 1 aromatic carbocycles. The molecule has 4 N–H and O–H groups in total. The number of nitrogens with one attached hydrogen (secondary N) is 4. The van der Waals surface area contributed by atoms with E-state index in [0.29, 0.717) is 18.1 Å². The predicted octanol–water partition coefficient (Wildman–Crippen LogP) is -0.304. The summed E-state index contributed by atoms with van der Waals surface area (Å²) in [5, 5.41) is 4.24. The Labute approximate surface area is 152 Å². The predicted molar refractivity (Wildman–Crippen MR) is 99.2 cm³/mol. The Morgan fingerprint density at radius 1 is 1.24 bits per heavy atom. The average molecular weight is 365 g/mol. The normalized spacial score (nSPS) is 10.8. The molecule has 25 heavy (non-hydrogen) atoms. The molecule has 0 saturated heterocycles. The van der Waals surface area contributed by atoms with Crippen LogP contribution in [-0.2, 0) is 14.3 Å². The number of thiocarbonyl (C=S) groups is 1. The van der Waals surface area contributed by atoms with Crippen LogP contribution in [0.2, 0.25) is 0 Å². The molecule has 8 nitrogen and oxygen atoms in total. The zero-order valence-electron chi connectivity index (χ0n) is 14.5. The number of benzene rings is 1. The second kappa shape index (κ2) is 11.1. The van der Waals surface area contributed by atoms with E-state index in [4.69, 9.17) is 17.0 Å². The van der Waals surface area contributed by atoms with Crippen molar-refractivity contribution < 1.29 is 14.3 Å². The summed E-state index contributed by atoms with van der Waals surface area (Å²) in [7, 11) is 4.70. The highest BCUT2D eigenvalue weighted by Crippen LogP contribution is 2.04. The molecule has 0 saturated carbocycles. The summed E-state index contributed by atoms with van der Waals surface area (Å²) >= 11 is 5.33. The lowest BCUT2D eigenvalue weighted by molar-refractivity contribution is -0.125. The maximum atomic E-state index is 12.4. The number of rotatable bonds is 8. The lowest BCUT2D eigenvalue weighted by atomic mass is 10.2. The van der Waals surface area contributed by atoms with Crippen molar-refractivity contribution >= 4 is 29.0 Å². The monoisotopic (exact) mass is 365 g/mol. The van der Waals surface area contributed by atoms with Gasteiger partial charge < -0.3 is 10.1 Å². The van der Waals surface area contributed by atoms with Crippen LogP contribution in [0, 0.1) is 0 Å². The lowest BCUT2D eigenvalue weighted by Crippen LogP contribution is -2.47. The highest BCUT2D eigenvalue weighted by Gasteiger charge is 2.20. The number of hydrogen-bond acceptors (Lipinski definition) is 6. The van der Waals surface area contributed by atoms with E-state index in [1.54, 1.807) is 14.2 Å². The molecular weight excluding hydrogens is 342 g/mol. The number of hydrogen-bond donors (Lipinski definition) is 4. The van der Waals surface area contributed by atoms with Gasteiger partial charge >= 0.3 is 0 Å². The van der Waals surface area contributed by atoms with E-state index < -0.39 is 11.8 Å². The molecule has 0 heterocycles. The molecule has 0 radical (unpaired) electrons. The quantitative estimate of drug-likeness (QED) is 0.125. The maximum Gasteiger partial charge on any atom is 0.276 e. The minimum atomic E-state index is -0.599. The van der Waals surface area contributed by atoms with Crippen LogP contribution in [0.3, 0.4) is 0 Å². The van der Waals surface area contributed by atoms with E-state index in [-0.39, 0.29) is 5.57 Å². The second-order valence-electron chi connectivity index (χ2n) is 4.88. The van der Waals surface area contributed by atoms with Crippen molar-refractivity contribution in [2.75, 3.05) is 34.4 Å². The Bertz CT molecular complexity index is 621. The zero-order chi connectivity index (χ0) is 18.7. The van der Waals surface area contributed by atoms with Gasteiger partial charge in [0.25, 0.3) is 11.8 Å². The fraction of sp³-hybridized carbons (Fsp3) is 0.312. The van der Waals surface area contributed by atoms with Crippen LogP contribution in [0.15, 0.2) is 42.1 Å². The van der Waals surface area contributed by atoms with Gasteiger partial charge in [-0.05, 0) is 0 Å². The molecule has 1 rings (SSSR count). The van der Waals surface area contributed by atoms with Gasteiger partial charge in [0.1, 0.15) is 10.6 Å². The van der Waals surface area contributed by atoms with E-state index in [9.17, 15) is 9.59 Å². The highest BCUT2D eigenvalue weighted by atomic mass is 32.1. The summed E-state index contributed by atoms with van der Waals surface area (Å²) < 4.78 is 4.91. The van der Waals surface area contributed by atoms with Crippen molar-refractivity contribution in [1.29, 1.82) is 0 Å². The number of amides is 2. The van der Waals surface area contributed by atoms with Crippen molar-refractivity contribution in [3.63, 3.8) is 0 Å². The number of hydrazine groups is 2. The molecule has 0 unspecified atom stereocenters. The summed E-state index contributed by atoms with van der Waals surface area (Å²) in [6.07, 6.45) is 1.33. The molecule has 0 bridgehead atoms. The first kappa shape index (κ1) is 20.6. The molecule has 0 spiro atoms. The van der Waals surface area contributed by atoms with Crippen molar-refractivity contribution in [1.82, 2.24) is 26.6 Å². The minimum absolute atomic E-state index is 0.104. The van der Waals surface area contributed by atoms with Crippen molar-refractivity contribution in [3.8, 4) is 0 Å². The molecule has 0 atom stereocenters.